The van der Waals surface area contributed by atoms with Gasteiger partial charge in [0.1, 0.15) is 23.6 Å². The van der Waals surface area contributed by atoms with Gasteiger partial charge in [0.15, 0.2) is 5.65 Å². The van der Waals surface area contributed by atoms with E-state index in [0.717, 1.165) is 64.1 Å². The number of nitrogens with zero attached hydrogens (tertiary/aromatic N) is 6. The smallest absolute Gasteiger partial charge is 0.155 e. The van der Waals surface area contributed by atoms with E-state index in [4.69, 9.17) is 14.7 Å². The van der Waals surface area contributed by atoms with Gasteiger partial charge in [0.25, 0.3) is 0 Å². The van der Waals surface area contributed by atoms with Gasteiger partial charge in [0, 0.05) is 29.6 Å². The third-order valence-corrected chi connectivity index (χ3v) is 5.80. The van der Waals surface area contributed by atoms with E-state index < -0.39 is 0 Å². The zero-order chi connectivity index (χ0) is 22.9. The van der Waals surface area contributed by atoms with Crippen LogP contribution in [-0.4, -0.2) is 36.2 Å². The predicted molar refractivity (Wildman–Crippen MR) is 129 cm³/mol. The van der Waals surface area contributed by atoms with Crippen LogP contribution in [0.3, 0.4) is 0 Å². The van der Waals surface area contributed by atoms with Crippen molar-refractivity contribution in [1.82, 2.24) is 29.1 Å². The Balaban J connectivity index is 0.00000111. The summed E-state index contributed by atoms with van der Waals surface area (Å²) in [6, 6.07) is 16.3. The highest BCUT2D eigenvalue weighted by Crippen LogP contribution is 2.40. The molecule has 7 nitrogen and oxygen atoms in total. The van der Waals surface area contributed by atoms with Crippen molar-refractivity contribution in [2.45, 2.75) is 33.7 Å². The summed E-state index contributed by atoms with van der Waals surface area (Å²) in [5.74, 6) is 1.83. The number of ether oxygens (including phenoxy) is 1. The van der Waals surface area contributed by atoms with Gasteiger partial charge in [-0.05, 0) is 61.4 Å². The maximum Gasteiger partial charge on any atom is 0.155 e. The molecule has 5 heterocycles. The fraction of sp³-hybridized carbons (Fsp3) is 0.231. The number of hydrogen-bond acceptors (Lipinski definition) is 5. The summed E-state index contributed by atoms with van der Waals surface area (Å²) < 4.78 is 9.50. The number of pyridine rings is 2. The third kappa shape index (κ3) is 3.55. The van der Waals surface area contributed by atoms with Crippen LogP contribution >= 0.6 is 0 Å². The molecule has 0 fully saturated rings. The van der Waals surface area contributed by atoms with Crippen LogP contribution in [-0.2, 0) is 13.0 Å². The Morgan fingerprint density at radius 1 is 1.00 bits per heavy atom. The lowest BCUT2D eigenvalue weighted by atomic mass is 10.00. The van der Waals surface area contributed by atoms with Gasteiger partial charge in [0.05, 0.1) is 18.5 Å². The summed E-state index contributed by atoms with van der Waals surface area (Å²) >= 11 is 0. The molecule has 7 heteroatoms. The second-order valence-corrected chi connectivity index (χ2v) is 7.70. The Morgan fingerprint density at radius 2 is 1.88 bits per heavy atom. The molecule has 0 spiro atoms. The van der Waals surface area contributed by atoms with Crippen LogP contribution in [0.5, 0.6) is 5.75 Å². The number of methoxy groups -OCH3 is 1. The lowest BCUT2D eigenvalue weighted by Crippen LogP contribution is -2.12. The van der Waals surface area contributed by atoms with Crippen LogP contribution in [0.2, 0.25) is 0 Å². The van der Waals surface area contributed by atoms with Crippen LogP contribution in [0.1, 0.15) is 25.1 Å². The van der Waals surface area contributed by atoms with E-state index in [-0.39, 0.29) is 0 Å². The second kappa shape index (κ2) is 8.50. The number of rotatable bonds is 3. The molecule has 0 unspecified atom stereocenters. The minimum atomic E-state index is 0.806. The summed E-state index contributed by atoms with van der Waals surface area (Å²) in [6.45, 7) is 6.85. The first-order valence-corrected chi connectivity index (χ1v) is 11.2. The van der Waals surface area contributed by atoms with E-state index >= 15 is 0 Å². The fourth-order valence-electron chi connectivity index (χ4n) is 4.32. The zero-order valence-corrected chi connectivity index (χ0v) is 19.3. The van der Waals surface area contributed by atoms with Gasteiger partial charge in [-0.3, -0.25) is 4.98 Å². The molecule has 0 amide bonds. The Labute approximate surface area is 192 Å². The fourth-order valence-corrected chi connectivity index (χ4v) is 4.32. The summed E-state index contributed by atoms with van der Waals surface area (Å²) in [5, 5.41) is 4.30. The molecule has 166 valence electrons. The molecule has 0 atom stereocenters. The number of fused-ring (bicyclic) bond motifs is 4. The van der Waals surface area contributed by atoms with Gasteiger partial charge < -0.3 is 9.30 Å². The summed E-state index contributed by atoms with van der Waals surface area (Å²) in [7, 11) is 1.70. The Kier molecular flexibility index (Phi) is 5.38. The minimum Gasteiger partial charge on any atom is -0.497 e. The second-order valence-electron chi connectivity index (χ2n) is 7.70. The van der Waals surface area contributed by atoms with Gasteiger partial charge >= 0.3 is 0 Å². The summed E-state index contributed by atoms with van der Waals surface area (Å²) in [4.78, 5) is 14.2. The van der Waals surface area contributed by atoms with E-state index in [0.29, 0.717) is 0 Å². The number of hydrogen-bond donors (Lipinski definition) is 0. The quantitative estimate of drug-likeness (QED) is 0.386. The summed E-state index contributed by atoms with van der Waals surface area (Å²) in [6.07, 6.45) is 4.45. The first kappa shape index (κ1) is 20.9. The van der Waals surface area contributed by atoms with Crippen molar-refractivity contribution in [2.24, 2.45) is 0 Å². The maximum absolute atomic E-state index is 5.43. The molecule has 0 aliphatic carbocycles. The van der Waals surface area contributed by atoms with Crippen molar-refractivity contribution < 1.29 is 4.74 Å². The van der Waals surface area contributed by atoms with Crippen molar-refractivity contribution in [3.63, 3.8) is 0 Å². The van der Waals surface area contributed by atoms with Gasteiger partial charge in [-0.1, -0.05) is 19.9 Å². The predicted octanol–water partition coefficient (Wildman–Crippen LogP) is 5.22. The topological polar surface area (TPSA) is 70.1 Å². The molecular weight excluding hydrogens is 412 g/mol. The number of imidazole rings is 1. The normalized spacial score (nSPS) is 12.0. The monoisotopic (exact) mass is 438 g/mol. The first-order valence-electron chi connectivity index (χ1n) is 11.2. The van der Waals surface area contributed by atoms with E-state index in [9.17, 15) is 0 Å². The number of aromatic nitrogens is 6. The first-order chi connectivity index (χ1) is 16.2. The lowest BCUT2D eigenvalue weighted by molar-refractivity contribution is 0.414. The van der Waals surface area contributed by atoms with Crippen molar-refractivity contribution >= 4 is 5.65 Å². The van der Waals surface area contributed by atoms with Gasteiger partial charge in [-0.15, -0.1) is 0 Å². The molecule has 6 rings (SSSR count). The molecule has 1 aliphatic rings. The van der Waals surface area contributed by atoms with Gasteiger partial charge in [-0.2, -0.15) is 5.10 Å². The highest BCUT2D eigenvalue weighted by Gasteiger charge is 2.26. The molecule has 1 aromatic carbocycles. The van der Waals surface area contributed by atoms with Crippen LogP contribution in [0.4, 0.5) is 0 Å². The molecule has 0 bridgehead atoms. The van der Waals surface area contributed by atoms with Crippen molar-refractivity contribution in [3.8, 4) is 39.8 Å². The SMILES string of the molecule is CC.COc1ccc2c(c1)CCn1c-2nc(-c2ccc3ncnn3c2)c1-c1cccc(C)n1. The van der Waals surface area contributed by atoms with Crippen LogP contribution in [0.15, 0.2) is 61.1 Å². The van der Waals surface area contributed by atoms with Crippen molar-refractivity contribution in [3.05, 3.63) is 72.3 Å². The molecule has 0 saturated heterocycles. The van der Waals surface area contributed by atoms with Gasteiger partial charge in [-0.25, -0.2) is 14.5 Å². The summed E-state index contributed by atoms with van der Waals surface area (Å²) in [5.41, 5.74) is 7.99. The molecule has 33 heavy (non-hydrogen) atoms. The Morgan fingerprint density at radius 3 is 2.70 bits per heavy atom. The third-order valence-electron chi connectivity index (χ3n) is 5.80. The molecule has 4 aromatic heterocycles. The van der Waals surface area contributed by atoms with Crippen LogP contribution in [0.25, 0.3) is 39.7 Å². The zero-order valence-electron chi connectivity index (χ0n) is 19.3. The molecule has 5 aromatic rings. The Bertz CT molecular complexity index is 1450. The van der Waals surface area contributed by atoms with E-state index in [2.05, 4.69) is 32.8 Å². The highest BCUT2D eigenvalue weighted by atomic mass is 16.5. The number of aryl methyl sites for hydroxylation is 2. The van der Waals surface area contributed by atoms with E-state index in [1.807, 2.05) is 57.3 Å². The molecule has 0 N–H and O–H groups in total. The number of benzene rings is 1. The molecule has 0 saturated carbocycles. The molecule has 1 aliphatic heterocycles. The molecule has 0 radical (unpaired) electrons. The molecular formula is C26H26N6O. The van der Waals surface area contributed by atoms with Gasteiger partial charge in [0.2, 0.25) is 0 Å². The minimum absolute atomic E-state index is 0.806. The van der Waals surface area contributed by atoms with Crippen molar-refractivity contribution in [2.75, 3.05) is 7.11 Å². The van der Waals surface area contributed by atoms with Crippen molar-refractivity contribution in [1.29, 1.82) is 0 Å². The van der Waals surface area contributed by atoms with E-state index in [1.165, 1.54) is 5.56 Å². The average molecular weight is 439 g/mol. The van der Waals surface area contributed by atoms with Crippen LogP contribution < -0.4 is 4.74 Å². The average Bonchev–Trinajstić information content (AvgIpc) is 3.49. The standard InChI is InChI=1S/C24H20N6O.C2H6/c1-15-4-3-5-20(27-15)23-22(17-6-9-21-25-14-26-30(21)13-17)28-24-19-8-7-18(31-2)12-16(19)10-11-29(23)24;1-2/h3-9,12-14H,10-11H2,1-2H3;1-2H3. The maximum atomic E-state index is 5.43. The lowest BCUT2D eigenvalue weighted by Gasteiger charge is -2.20. The van der Waals surface area contributed by atoms with Crippen LogP contribution in [0, 0.1) is 6.92 Å². The Hall–Kier alpha value is -4.00. The largest absolute Gasteiger partial charge is 0.497 e. The highest BCUT2D eigenvalue weighted by molar-refractivity contribution is 5.82. The van der Waals surface area contributed by atoms with E-state index in [1.54, 1.807) is 18.0 Å².